The second kappa shape index (κ2) is 3.87. The van der Waals surface area contributed by atoms with Crippen molar-refractivity contribution in [2.45, 2.75) is 32.1 Å². The first-order valence-electron chi connectivity index (χ1n) is 5.30. The van der Waals surface area contributed by atoms with E-state index in [1.165, 1.54) is 30.4 Å². The van der Waals surface area contributed by atoms with E-state index in [1.54, 1.807) is 0 Å². The van der Waals surface area contributed by atoms with Crippen LogP contribution >= 0.6 is 0 Å². The first-order valence-corrected chi connectivity index (χ1v) is 5.30. The molecule has 1 aromatic carbocycles. The van der Waals surface area contributed by atoms with E-state index in [0.29, 0.717) is 5.92 Å². The quantitative estimate of drug-likeness (QED) is 0.529. The molecule has 0 aromatic heterocycles. The van der Waals surface area contributed by atoms with Crippen molar-refractivity contribution in [2.24, 2.45) is 0 Å². The molecule has 2 N–H and O–H groups in total. The molecule has 0 aliphatic heterocycles. The van der Waals surface area contributed by atoms with Crippen molar-refractivity contribution in [3.8, 4) is 0 Å². The molecule has 0 heterocycles. The van der Waals surface area contributed by atoms with Gasteiger partial charge < -0.3 is 5.73 Å². The zero-order valence-electron chi connectivity index (χ0n) is 8.66. The minimum Gasteiger partial charge on any atom is -0.398 e. The summed E-state index contributed by atoms with van der Waals surface area (Å²) in [6, 6.07) is 6.31. The Morgan fingerprint density at radius 2 is 2.21 bits per heavy atom. The average Bonchev–Trinajstić information content (AvgIpc) is 2.23. The number of hydrogen-bond donors (Lipinski definition) is 1. The molecule has 1 unspecified atom stereocenters. The van der Waals surface area contributed by atoms with Crippen LogP contribution in [0.1, 0.15) is 36.3 Å². The summed E-state index contributed by atoms with van der Waals surface area (Å²) in [6.45, 7) is 2.12. The van der Waals surface area contributed by atoms with E-state index >= 15 is 0 Å². The molecule has 0 amide bonds. The van der Waals surface area contributed by atoms with E-state index in [-0.39, 0.29) is 0 Å². The Bertz CT molecular complexity index is 352. The number of aryl methyl sites for hydroxylation is 1. The summed E-state index contributed by atoms with van der Waals surface area (Å²) in [6.07, 6.45) is 8.32. The minimum absolute atomic E-state index is 0.545. The maximum atomic E-state index is 5.99. The standard InChI is InChI=1S/C13H17N/c1-10-7-8-13(14)12(9-10)11-5-3-2-4-6-11/h3,5,7-9,11H,2,4,6,14H2,1H3. The third-order valence-electron chi connectivity index (χ3n) is 2.90. The van der Waals surface area contributed by atoms with E-state index < -0.39 is 0 Å². The number of benzene rings is 1. The predicted molar refractivity (Wildman–Crippen MR) is 61.3 cm³/mol. The molecule has 2 rings (SSSR count). The van der Waals surface area contributed by atoms with Crippen LogP contribution in [0.3, 0.4) is 0 Å². The van der Waals surface area contributed by atoms with Gasteiger partial charge in [0.2, 0.25) is 0 Å². The second-order valence-corrected chi connectivity index (χ2v) is 4.10. The van der Waals surface area contributed by atoms with E-state index in [1.807, 2.05) is 6.07 Å². The fourth-order valence-electron chi connectivity index (χ4n) is 2.09. The monoisotopic (exact) mass is 187 g/mol. The zero-order valence-corrected chi connectivity index (χ0v) is 8.66. The van der Waals surface area contributed by atoms with Crippen LogP contribution in [0.4, 0.5) is 5.69 Å². The Morgan fingerprint density at radius 3 is 2.93 bits per heavy atom. The van der Waals surface area contributed by atoms with Crippen LogP contribution in [-0.2, 0) is 0 Å². The summed E-state index contributed by atoms with van der Waals surface area (Å²) in [5, 5.41) is 0. The van der Waals surface area contributed by atoms with Crippen LogP contribution in [0.2, 0.25) is 0 Å². The maximum absolute atomic E-state index is 5.99. The van der Waals surface area contributed by atoms with Gasteiger partial charge >= 0.3 is 0 Å². The highest BCUT2D eigenvalue weighted by Crippen LogP contribution is 2.31. The molecule has 1 aliphatic carbocycles. The molecule has 0 saturated heterocycles. The van der Waals surface area contributed by atoms with Gasteiger partial charge in [-0.1, -0.05) is 29.8 Å². The maximum Gasteiger partial charge on any atom is 0.0352 e. The Balaban J connectivity index is 2.34. The number of hydrogen-bond acceptors (Lipinski definition) is 1. The predicted octanol–water partition coefficient (Wildman–Crippen LogP) is 3.40. The average molecular weight is 187 g/mol. The number of allylic oxidation sites excluding steroid dienone is 2. The van der Waals surface area contributed by atoms with Gasteiger partial charge in [0, 0.05) is 11.6 Å². The Kier molecular flexibility index (Phi) is 2.58. The largest absolute Gasteiger partial charge is 0.398 e. The van der Waals surface area contributed by atoms with Crippen molar-refractivity contribution >= 4 is 5.69 Å². The fourth-order valence-corrected chi connectivity index (χ4v) is 2.09. The lowest BCUT2D eigenvalue weighted by Crippen LogP contribution is -2.03. The van der Waals surface area contributed by atoms with Gasteiger partial charge in [0.15, 0.2) is 0 Å². The zero-order chi connectivity index (χ0) is 9.97. The van der Waals surface area contributed by atoms with Gasteiger partial charge in [-0.3, -0.25) is 0 Å². The van der Waals surface area contributed by atoms with Gasteiger partial charge in [-0.25, -0.2) is 0 Å². The molecule has 0 bridgehead atoms. The molecule has 0 saturated carbocycles. The van der Waals surface area contributed by atoms with Crippen molar-refractivity contribution in [3.63, 3.8) is 0 Å². The number of nitrogen functional groups attached to an aromatic ring is 1. The van der Waals surface area contributed by atoms with Gasteiger partial charge in [0.05, 0.1) is 0 Å². The molecule has 0 spiro atoms. The van der Waals surface area contributed by atoms with Gasteiger partial charge in [0.25, 0.3) is 0 Å². The highest BCUT2D eigenvalue weighted by molar-refractivity contribution is 5.51. The van der Waals surface area contributed by atoms with Crippen LogP contribution in [0.15, 0.2) is 30.4 Å². The van der Waals surface area contributed by atoms with Crippen LogP contribution in [0, 0.1) is 6.92 Å². The minimum atomic E-state index is 0.545. The summed E-state index contributed by atoms with van der Waals surface area (Å²) in [5.74, 6) is 0.545. The molecule has 1 heteroatoms. The summed E-state index contributed by atoms with van der Waals surface area (Å²) < 4.78 is 0. The SMILES string of the molecule is Cc1ccc(N)c(C2C=CCCC2)c1. The first-order chi connectivity index (χ1) is 6.77. The van der Waals surface area contributed by atoms with E-state index in [2.05, 4.69) is 31.2 Å². The normalized spacial score (nSPS) is 21.1. The summed E-state index contributed by atoms with van der Waals surface area (Å²) in [4.78, 5) is 0. The molecule has 14 heavy (non-hydrogen) atoms. The Hall–Kier alpha value is -1.24. The van der Waals surface area contributed by atoms with Crippen LogP contribution in [0.25, 0.3) is 0 Å². The van der Waals surface area contributed by atoms with Gasteiger partial charge in [-0.2, -0.15) is 0 Å². The van der Waals surface area contributed by atoms with E-state index in [0.717, 1.165) is 5.69 Å². The van der Waals surface area contributed by atoms with Crippen molar-refractivity contribution in [2.75, 3.05) is 5.73 Å². The molecule has 1 atom stereocenters. The van der Waals surface area contributed by atoms with Crippen molar-refractivity contribution < 1.29 is 0 Å². The smallest absolute Gasteiger partial charge is 0.0352 e. The summed E-state index contributed by atoms with van der Waals surface area (Å²) >= 11 is 0. The molecule has 1 aromatic rings. The molecule has 74 valence electrons. The highest BCUT2D eigenvalue weighted by Gasteiger charge is 2.13. The summed E-state index contributed by atoms with van der Waals surface area (Å²) in [7, 11) is 0. The second-order valence-electron chi connectivity index (χ2n) is 4.10. The molecular formula is C13H17N. The lowest BCUT2D eigenvalue weighted by Gasteiger charge is -2.18. The topological polar surface area (TPSA) is 26.0 Å². The van der Waals surface area contributed by atoms with E-state index in [4.69, 9.17) is 5.73 Å². The van der Waals surface area contributed by atoms with Crippen LogP contribution in [-0.4, -0.2) is 0 Å². The lowest BCUT2D eigenvalue weighted by atomic mass is 9.88. The molecule has 0 radical (unpaired) electrons. The van der Waals surface area contributed by atoms with Gasteiger partial charge in [-0.05, 0) is 37.8 Å². The van der Waals surface area contributed by atoms with Crippen LogP contribution in [0.5, 0.6) is 0 Å². The molecule has 1 aliphatic rings. The molecule has 1 nitrogen and oxygen atoms in total. The molecule has 0 fully saturated rings. The third kappa shape index (κ3) is 1.82. The van der Waals surface area contributed by atoms with Crippen molar-refractivity contribution in [3.05, 3.63) is 41.5 Å². The van der Waals surface area contributed by atoms with Gasteiger partial charge in [0.1, 0.15) is 0 Å². The highest BCUT2D eigenvalue weighted by atomic mass is 14.6. The Morgan fingerprint density at radius 1 is 1.36 bits per heavy atom. The molecular weight excluding hydrogens is 170 g/mol. The fraction of sp³-hybridized carbons (Fsp3) is 0.385. The summed E-state index contributed by atoms with van der Waals surface area (Å²) in [5.41, 5.74) is 9.53. The van der Waals surface area contributed by atoms with E-state index in [9.17, 15) is 0 Å². The van der Waals surface area contributed by atoms with Gasteiger partial charge in [-0.15, -0.1) is 0 Å². The number of rotatable bonds is 1. The van der Waals surface area contributed by atoms with Crippen molar-refractivity contribution in [1.82, 2.24) is 0 Å². The Labute approximate surface area is 85.6 Å². The van der Waals surface area contributed by atoms with Crippen LogP contribution < -0.4 is 5.73 Å². The number of nitrogens with two attached hydrogens (primary N) is 1. The third-order valence-corrected chi connectivity index (χ3v) is 2.90. The van der Waals surface area contributed by atoms with Crippen molar-refractivity contribution in [1.29, 1.82) is 0 Å². The number of anilines is 1. The lowest BCUT2D eigenvalue weighted by molar-refractivity contribution is 0.655. The first kappa shape index (κ1) is 9.32.